The first-order valence-corrected chi connectivity index (χ1v) is 9.09. The van der Waals surface area contributed by atoms with Gasteiger partial charge in [0.2, 0.25) is 0 Å². The fourth-order valence-corrected chi connectivity index (χ4v) is 2.73. The van der Waals surface area contributed by atoms with Crippen molar-refractivity contribution in [1.82, 2.24) is 4.98 Å². The third-order valence-electron chi connectivity index (χ3n) is 4.18. The number of anilines is 1. The van der Waals surface area contributed by atoms with Gasteiger partial charge in [-0.2, -0.15) is 0 Å². The minimum atomic E-state index is -0.293. The average Bonchev–Trinajstić information content (AvgIpc) is 2.70. The monoisotopic (exact) mass is 394 g/mol. The lowest BCUT2D eigenvalue weighted by atomic mass is 10.1. The van der Waals surface area contributed by atoms with Crippen molar-refractivity contribution in [1.29, 1.82) is 0 Å². The zero-order chi connectivity index (χ0) is 20.1. The molecule has 0 aliphatic heterocycles. The van der Waals surface area contributed by atoms with E-state index in [4.69, 9.17) is 16.3 Å². The van der Waals surface area contributed by atoms with Crippen LogP contribution < -0.4 is 10.1 Å². The standard InChI is InChI=1S/C22H19ClN2O3/c1-14(26)16-3-5-17(6-4-16)15(2)28-21-11-18(12-24-13-21)22(27)25-20-9-7-19(23)8-10-20/h3-13,15H,1-2H3,(H,25,27). The topological polar surface area (TPSA) is 68.3 Å². The maximum Gasteiger partial charge on any atom is 0.257 e. The molecule has 28 heavy (non-hydrogen) atoms. The van der Waals surface area contributed by atoms with Gasteiger partial charge in [0, 0.05) is 22.5 Å². The van der Waals surface area contributed by atoms with Crippen molar-refractivity contribution in [2.45, 2.75) is 20.0 Å². The molecule has 2 aromatic carbocycles. The number of Topliss-reactive ketones (excluding diaryl/α,β-unsaturated/α-hetero) is 1. The molecule has 0 aliphatic rings. The largest absolute Gasteiger partial charge is 0.484 e. The van der Waals surface area contributed by atoms with E-state index in [9.17, 15) is 9.59 Å². The Morgan fingerprint density at radius 3 is 2.32 bits per heavy atom. The fourth-order valence-electron chi connectivity index (χ4n) is 2.60. The second kappa shape index (κ2) is 8.67. The molecule has 1 heterocycles. The Bertz CT molecular complexity index is 985. The van der Waals surface area contributed by atoms with Crippen LogP contribution >= 0.6 is 11.6 Å². The van der Waals surface area contributed by atoms with E-state index in [1.54, 1.807) is 48.7 Å². The quantitative estimate of drug-likeness (QED) is 0.574. The summed E-state index contributed by atoms with van der Waals surface area (Å²) in [6.45, 7) is 3.42. The minimum Gasteiger partial charge on any atom is -0.484 e. The number of ketones is 1. The summed E-state index contributed by atoms with van der Waals surface area (Å²) in [7, 11) is 0. The van der Waals surface area contributed by atoms with Gasteiger partial charge in [0.15, 0.2) is 5.78 Å². The highest BCUT2D eigenvalue weighted by atomic mass is 35.5. The molecule has 3 rings (SSSR count). The zero-order valence-corrected chi connectivity index (χ0v) is 16.2. The van der Waals surface area contributed by atoms with Crippen LogP contribution in [0.2, 0.25) is 5.02 Å². The van der Waals surface area contributed by atoms with Gasteiger partial charge in [-0.15, -0.1) is 0 Å². The number of nitrogens with zero attached hydrogens (tertiary/aromatic N) is 1. The number of hydrogen-bond donors (Lipinski definition) is 1. The first-order chi connectivity index (χ1) is 13.4. The van der Waals surface area contributed by atoms with Crippen molar-refractivity contribution in [3.63, 3.8) is 0 Å². The highest BCUT2D eigenvalue weighted by molar-refractivity contribution is 6.30. The van der Waals surface area contributed by atoms with Crippen molar-refractivity contribution in [2.24, 2.45) is 0 Å². The molecule has 5 nitrogen and oxygen atoms in total. The van der Waals surface area contributed by atoms with E-state index in [1.165, 1.54) is 13.1 Å². The molecule has 1 unspecified atom stereocenters. The number of rotatable bonds is 6. The summed E-state index contributed by atoms with van der Waals surface area (Å²) >= 11 is 5.85. The summed E-state index contributed by atoms with van der Waals surface area (Å²) in [5, 5.41) is 3.39. The predicted molar refractivity (Wildman–Crippen MR) is 109 cm³/mol. The van der Waals surface area contributed by atoms with Crippen molar-refractivity contribution in [3.05, 3.63) is 88.7 Å². The van der Waals surface area contributed by atoms with E-state index in [0.29, 0.717) is 27.6 Å². The molecule has 1 N–H and O–H groups in total. The second-order valence-corrected chi connectivity index (χ2v) is 6.75. The van der Waals surface area contributed by atoms with E-state index >= 15 is 0 Å². The van der Waals surface area contributed by atoms with Crippen LogP contribution in [0.3, 0.4) is 0 Å². The Balaban J connectivity index is 1.69. The van der Waals surface area contributed by atoms with Gasteiger partial charge in [-0.05, 0) is 49.7 Å². The number of carbonyl (C=O) groups excluding carboxylic acids is 2. The zero-order valence-electron chi connectivity index (χ0n) is 15.5. The highest BCUT2D eigenvalue weighted by Gasteiger charge is 2.12. The Kier molecular flexibility index (Phi) is 6.06. The molecule has 1 aromatic heterocycles. The Morgan fingerprint density at radius 2 is 1.68 bits per heavy atom. The molecule has 0 aliphatic carbocycles. The molecule has 3 aromatic rings. The summed E-state index contributed by atoms with van der Waals surface area (Å²) in [6.07, 6.45) is 2.77. The summed E-state index contributed by atoms with van der Waals surface area (Å²) < 4.78 is 5.91. The summed E-state index contributed by atoms with van der Waals surface area (Å²) in [5.74, 6) is 0.203. The Hall–Kier alpha value is -3.18. The lowest BCUT2D eigenvalue weighted by molar-refractivity contribution is 0.101. The van der Waals surface area contributed by atoms with Crippen LogP contribution in [0.15, 0.2) is 67.0 Å². The van der Waals surface area contributed by atoms with Gasteiger partial charge >= 0.3 is 0 Å². The van der Waals surface area contributed by atoms with Gasteiger partial charge in [-0.25, -0.2) is 0 Å². The number of hydrogen-bond acceptors (Lipinski definition) is 4. The minimum absolute atomic E-state index is 0.0173. The van der Waals surface area contributed by atoms with E-state index in [0.717, 1.165) is 5.56 Å². The third kappa shape index (κ3) is 4.96. The van der Waals surface area contributed by atoms with Crippen molar-refractivity contribution >= 4 is 29.0 Å². The Labute approximate surface area is 168 Å². The van der Waals surface area contributed by atoms with Gasteiger partial charge in [0.1, 0.15) is 11.9 Å². The first kappa shape index (κ1) is 19.6. The van der Waals surface area contributed by atoms with E-state index < -0.39 is 0 Å². The number of benzene rings is 2. The van der Waals surface area contributed by atoms with Gasteiger partial charge in [-0.1, -0.05) is 35.9 Å². The van der Waals surface area contributed by atoms with Gasteiger partial charge in [0.25, 0.3) is 5.91 Å². The summed E-state index contributed by atoms with van der Waals surface area (Å²) in [5.41, 5.74) is 2.59. The molecular formula is C22H19ClN2O3. The maximum atomic E-state index is 12.4. The number of carbonyl (C=O) groups is 2. The van der Waals surface area contributed by atoms with Crippen molar-refractivity contribution in [3.8, 4) is 5.75 Å². The molecule has 0 spiro atoms. The van der Waals surface area contributed by atoms with Crippen LogP contribution in [0.25, 0.3) is 0 Å². The SMILES string of the molecule is CC(=O)c1ccc(C(C)Oc2cncc(C(=O)Nc3ccc(Cl)cc3)c2)cc1. The van der Waals surface area contributed by atoms with Crippen LogP contribution in [0, 0.1) is 0 Å². The molecule has 0 bridgehead atoms. The molecular weight excluding hydrogens is 376 g/mol. The van der Waals surface area contributed by atoms with Gasteiger partial charge in [0.05, 0.1) is 11.8 Å². The average molecular weight is 395 g/mol. The van der Waals surface area contributed by atoms with Gasteiger partial charge < -0.3 is 10.1 Å². The van der Waals surface area contributed by atoms with E-state index in [-0.39, 0.29) is 17.8 Å². The summed E-state index contributed by atoms with van der Waals surface area (Å²) in [4.78, 5) is 27.9. The molecule has 142 valence electrons. The number of ether oxygens (including phenoxy) is 1. The second-order valence-electron chi connectivity index (χ2n) is 6.31. The number of pyridine rings is 1. The molecule has 1 amide bonds. The van der Waals surface area contributed by atoms with Crippen LogP contribution in [-0.2, 0) is 0 Å². The maximum absolute atomic E-state index is 12.4. The highest BCUT2D eigenvalue weighted by Crippen LogP contribution is 2.23. The third-order valence-corrected chi connectivity index (χ3v) is 4.43. The van der Waals surface area contributed by atoms with Crippen LogP contribution in [0.4, 0.5) is 5.69 Å². The number of nitrogens with one attached hydrogen (secondary N) is 1. The molecule has 0 saturated heterocycles. The lowest BCUT2D eigenvalue weighted by Crippen LogP contribution is -2.12. The van der Waals surface area contributed by atoms with Crippen LogP contribution in [0.1, 0.15) is 46.2 Å². The van der Waals surface area contributed by atoms with Crippen molar-refractivity contribution < 1.29 is 14.3 Å². The van der Waals surface area contributed by atoms with Crippen molar-refractivity contribution in [2.75, 3.05) is 5.32 Å². The first-order valence-electron chi connectivity index (χ1n) is 8.72. The van der Waals surface area contributed by atoms with Crippen LogP contribution in [-0.4, -0.2) is 16.7 Å². The molecule has 1 atom stereocenters. The molecule has 0 fully saturated rings. The normalized spacial score (nSPS) is 11.5. The number of amides is 1. The number of aromatic nitrogens is 1. The lowest BCUT2D eigenvalue weighted by Gasteiger charge is -2.15. The Morgan fingerprint density at radius 1 is 1.00 bits per heavy atom. The van der Waals surface area contributed by atoms with E-state index in [1.807, 2.05) is 19.1 Å². The molecule has 6 heteroatoms. The summed E-state index contributed by atoms with van der Waals surface area (Å²) in [6, 6.07) is 15.7. The molecule has 0 saturated carbocycles. The fraction of sp³-hybridized carbons (Fsp3) is 0.136. The van der Waals surface area contributed by atoms with Crippen LogP contribution in [0.5, 0.6) is 5.75 Å². The van der Waals surface area contributed by atoms with Gasteiger partial charge in [-0.3, -0.25) is 14.6 Å². The number of halogens is 1. The smallest absolute Gasteiger partial charge is 0.257 e. The predicted octanol–water partition coefficient (Wildman–Crippen LogP) is 5.33. The molecule has 0 radical (unpaired) electrons. The van der Waals surface area contributed by atoms with E-state index in [2.05, 4.69) is 10.3 Å².